The normalized spacial score (nSPS) is 18.6. The Balaban J connectivity index is 2.11. The Bertz CT molecular complexity index is 478. The van der Waals surface area contributed by atoms with Crippen LogP contribution in [0.5, 0.6) is 0 Å². The molecule has 2 amide bonds. The van der Waals surface area contributed by atoms with Gasteiger partial charge in [0.15, 0.2) is 0 Å². The Hall–Kier alpha value is -2.11. The van der Waals surface area contributed by atoms with Crippen molar-refractivity contribution in [3.05, 3.63) is 24.5 Å². The van der Waals surface area contributed by atoms with Gasteiger partial charge in [-0.1, -0.05) is 0 Å². The fraction of sp³-hybridized carbons (Fsp3) is 0.500. The molecule has 1 aromatic heterocycles. The van der Waals surface area contributed by atoms with Crippen LogP contribution in [0.3, 0.4) is 0 Å². The molecule has 1 aliphatic heterocycles. The van der Waals surface area contributed by atoms with Crippen LogP contribution >= 0.6 is 0 Å². The van der Waals surface area contributed by atoms with E-state index in [2.05, 4.69) is 4.98 Å². The minimum atomic E-state index is -0.862. The van der Waals surface area contributed by atoms with E-state index in [9.17, 15) is 9.59 Å². The average Bonchev–Trinajstić information content (AvgIpc) is 2.46. The van der Waals surface area contributed by atoms with Crippen molar-refractivity contribution < 1.29 is 14.7 Å². The number of urea groups is 1. The van der Waals surface area contributed by atoms with Gasteiger partial charge in [0.1, 0.15) is 0 Å². The summed E-state index contributed by atoms with van der Waals surface area (Å²) in [5, 5.41) is 8.96. The zero-order chi connectivity index (χ0) is 14.5. The van der Waals surface area contributed by atoms with Crippen molar-refractivity contribution in [2.75, 3.05) is 18.5 Å². The summed E-state index contributed by atoms with van der Waals surface area (Å²) in [4.78, 5) is 30.6. The third kappa shape index (κ3) is 3.26. The standard InChI is InChI=1S/C14H19N3O3/c1-16(12-6-4-7-15-10-12)14(20)17-8-3-2-5-11(17)9-13(18)19/h4,6-7,10-11H,2-3,5,8-9H2,1H3,(H,18,19). The molecule has 0 saturated carbocycles. The molecule has 0 radical (unpaired) electrons. The molecular formula is C14H19N3O3. The maximum atomic E-state index is 12.5. The lowest BCUT2D eigenvalue weighted by molar-refractivity contribution is -0.138. The molecule has 1 aliphatic rings. The Morgan fingerprint density at radius 2 is 2.30 bits per heavy atom. The van der Waals surface area contributed by atoms with E-state index in [0.717, 1.165) is 19.3 Å². The molecule has 0 aromatic carbocycles. The minimum absolute atomic E-state index is 0.00657. The van der Waals surface area contributed by atoms with Crippen LogP contribution in [-0.4, -0.2) is 46.6 Å². The number of hydrogen-bond donors (Lipinski definition) is 1. The van der Waals surface area contributed by atoms with Gasteiger partial charge in [-0.3, -0.25) is 14.7 Å². The number of carboxylic acids is 1. The molecule has 1 aromatic rings. The van der Waals surface area contributed by atoms with Crippen molar-refractivity contribution in [1.29, 1.82) is 0 Å². The Morgan fingerprint density at radius 3 is 2.95 bits per heavy atom. The number of pyridine rings is 1. The van der Waals surface area contributed by atoms with Gasteiger partial charge in [-0.25, -0.2) is 4.79 Å². The van der Waals surface area contributed by atoms with Crippen molar-refractivity contribution in [2.45, 2.75) is 31.7 Å². The second-order valence-electron chi connectivity index (χ2n) is 4.99. The van der Waals surface area contributed by atoms with E-state index >= 15 is 0 Å². The maximum absolute atomic E-state index is 12.5. The Labute approximate surface area is 118 Å². The number of amides is 2. The van der Waals surface area contributed by atoms with E-state index in [4.69, 9.17) is 5.11 Å². The number of likely N-dealkylation sites (tertiary alicyclic amines) is 1. The van der Waals surface area contributed by atoms with Gasteiger partial charge in [0.25, 0.3) is 0 Å². The van der Waals surface area contributed by atoms with Crippen molar-refractivity contribution >= 4 is 17.7 Å². The summed E-state index contributed by atoms with van der Waals surface area (Å²) < 4.78 is 0. The fourth-order valence-corrected chi connectivity index (χ4v) is 2.52. The van der Waals surface area contributed by atoms with Gasteiger partial charge in [-0.2, -0.15) is 0 Å². The quantitative estimate of drug-likeness (QED) is 0.916. The van der Waals surface area contributed by atoms with E-state index in [0.29, 0.717) is 12.2 Å². The van der Waals surface area contributed by atoms with Crippen molar-refractivity contribution in [3.8, 4) is 0 Å². The molecule has 2 heterocycles. The first-order chi connectivity index (χ1) is 9.59. The summed E-state index contributed by atoms with van der Waals surface area (Å²) in [6.07, 6.45) is 5.91. The van der Waals surface area contributed by atoms with E-state index in [-0.39, 0.29) is 18.5 Å². The number of piperidine rings is 1. The van der Waals surface area contributed by atoms with Crippen molar-refractivity contribution in [2.24, 2.45) is 0 Å². The zero-order valence-corrected chi connectivity index (χ0v) is 11.5. The van der Waals surface area contributed by atoms with Crippen LogP contribution in [0.25, 0.3) is 0 Å². The lowest BCUT2D eigenvalue weighted by atomic mass is 10.00. The second kappa shape index (κ2) is 6.36. The van der Waals surface area contributed by atoms with Gasteiger partial charge in [0, 0.05) is 25.8 Å². The van der Waals surface area contributed by atoms with Crippen LogP contribution in [0.4, 0.5) is 10.5 Å². The molecule has 6 heteroatoms. The molecule has 108 valence electrons. The average molecular weight is 277 g/mol. The topological polar surface area (TPSA) is 73.7 Å². The van der Waals surface area contributed by atoms with Crippen molar-refractivity contribution in [3.63, 3.8) is 0 Å². The molecule has 20 heavy (non-hydrogen) atoms. The lowest BCUT2D eigenvalue weighted by Gasteiger charge is -2.37. The summed E-state index contributed by atoms with van der Waals surface area (Å²) >= 11 is 0. The highest BCUT2D eigenvalue weighted by Crippen LogP contribution is 2.22. The lowest BCUT2D eigenvalue weighted by Crippen LogP contribution is -2.50. The highest BCUT2D eigenvalue weighted by Gasteiger charge is 2.30. The first kappa shape index (κ1) is 14.3. The van der Waals surface area contributed by atoms with Gasteiger partial charge in [0.05, 0.1) is 18.3 Å². The summed E-state index contributed by atoms with van der Waals surface area (Å²) in [6, 6.07) is 3.20. The number of rotatable bonds is 3. The number of hydrogen-bond acceptors (Lipinski definition) is 3. The number of aliphatic carboxylic acids is 1. The molecule has 0 bridgehead atoms. The Kier molecular flexibility index (Phi) is 4.55. The predicted molar refractivity (Wildman–Crippen MR) is 74.6 cm³/mol. The SMILES string of the molecule is CN(C(=O)N1CCCCC1CC(=O)O)c1cccnc1. The Morgan fingerprint density at radius 1 is 1.50 bits per heavy atom. The van der Waals surface area contributed by atoms with Crippen LogP contribution in [0, 0.1) is 0 Å². The summed E-state index contributed by atoms with van der Waals surface area (Å²) in [5.41, 5.74) is 0.706. The number of anilines is 1. The van der Waals surface area contributed by atoms with Crippen LogP contribution in [-0.2, 0) is 4.79 Å². The van der Waals surface area contributed by atoms with Crippen molar-refractivity contribution in [1.82, 2.24) is 9.88 Å². The van der Waals surface area contributed by atoms with E-state index in [1.54, 1.807) is 36.5 Å². The van der Waals surface area contributed by atoms with Crippen LogP contribution in [0.15, 0.2) is 24.5 Å². The first-order valence-corrected chi connectivity index (χ1v) is 6.75. The molecule has 0 aliphatic carbocycles. The molecule has 0 spiro atoms. The first-order valence-electron chi connectivity index (χ1n) is 6.75. The smallest absolute Gasteiger partial charge is 0.324 e. The number of aromatic nitrogens is 1. The minimum Gasteiger partial charge on any atom is -0.481 e. The molecule has 6 nitrogen and oxygen atoms in total. The highest BCUT2D eigenvalue weighted by molar-refractivity contribution is 5.91. The molecule has 2 rings (SSSR count). The summed E-state index contributed by atoms with van der Waals surface area (Å²) in [7, 11) is 1.69. The maximum Gasteiger partial charge on any atom is 0.324 e. The number of nitrogens with zero attached hydrogens (tertiary/aromatic N) is 3. The number of carboxylic acid groups (broad SMARTS) is 1. The second-order valence-corrected chi connectivity index (χ2v) is 4.99. The number of carbonyl (C=O) groups is 2. The largest absolute Gasteiger partial charge is 0.481 e. The fourth-order valence-electron chi connectivity index (χ4n) is 2.52. The summed E-state index contributed by atoms with van der Waals surface area (Å²) in [5.74, 6) is -0.862. The summed E-state index contributed by atoms with van der Waals surface area (Å²) in [6.45, 7) is 0.612. The van der Waals surface area contributed by atoms with Gasteiger partial charge in [0.2, 0.25) is 0 Å². The van der Waals surface area contributed by atoms with Gasteiger partial charge < -0.3 is 10.0 Å². The molecule has 1 atom stereocenters. The van der Waals surface area contributed by atoms with Gasteiger partial charge in [-0.05, 0) is 31.4 Å². The number of carbonyl (C=O) groups excluding carboxylic acids is 1. The molecule has 1 saturated heterocycles. The monoisotopic (exact) mass is 277 g/mol. The van der Waals surface area contributed by atoms with E-state index in [1.165, 1.54) is 4.90 Å². The third-order valence-corrected chi connectivity index (χ3v) is 3.60. The molecule has 1 N–H and O–H groups in total. The molecular weight excluding hydrogens is 258 g/mol. The van der Waals surface area contributed by atoms with Gasteiger partial charge in [-0.15, -0.1) is 0 Å². The van der Waals surface area contributed by atoms with E-state index < -0.39 is 5.97 Å². The van der Waals surface area contributed by atoms with Crippen LogP contribution < -0.4 is 4.90 Å². The molecule has 1 fully saturated rings. The van der Waals surface area contributed by atoms with Crippen LogP contribution in [0.1, 0.15) is 25.7 Å². The molecule has 1 unspecified atom stereocenters. The third-order valence-electron chi connectivity index (χ3n) is 3.60. The van der Waals surface area contributed by atoms with Gasteiger partial charge >= 0.3 is 12.0 Å². The van der Waals surface area contributed by atoms with Crippen LogP contribution in [0.2, 0.25) is 0 Å². The zero-order valence-electron chi connectivity index (χ0n) is 11.5. The highest BCUT2D eigenvalue weighted by atomic mass is 16.4. The van der Waals surface area contributed by atoms with E-state index in [1.807, 2.05) is 0 Å². The predicted octanol–water partition coefficient (Wildman–Crippen LogP) is 1.97.